The van der Waals surface area contributed by atoms with Crippen LogP contribution in [0.4, 0.5) is 0 Å². The zero-order valence-corrected chi connectivity index (χ0v) is 9.04. The summed E-state index contributed by atoms with van der Waals surface area (Å²) >= 11 is 0. The molecule has 2 aromatic rings. The van der Waals surface area contributed by atoms with E-state index in [4.69, 9.17) is 5.73 Å². The van der Waals surface area contributed by atoms with Crippen LogP contribution < -0.4 is 5.73 Å². The molecule has 5 heteroatoms. The highest BCUT2D eigenvalue weighted by atomic mass is 15.3. The maximum Gasteiger partial charge on any atom is 0.154 e. The maximum atomic E-state index is 5.85. The molecule has 16 heavy (non-hydrogen) atoms. The molecule has 0 spiro atoms. The predicted molar refractivity (Wildman–Crippen MR) is 61.9 cm³/mol. The highest BCUT2D eigenvalue weighted by Crippen LogP contribution is 2.00. The van der Waals surface area contributed by atoms with Crippen molar-refractivity contribution in [2.24, 2.45) is 17.8 Å². The van der Waals surface area contributed by atoms with Gasteiger partial charge in [-0.3, -0.25) is 4.99 Å². The molecule has 0 fully saturated rings. The van der Waals surface area contributed by atoms with Crippen LogP contribution in [0.3, 0.4) is 0 Å². The Hall–Kier alpha value is -2.17. The lowest BCUT2D eigenvalue weighted by molar-refractivity contribution is 0.793. The van der Waals surface area contributed by atoms with Gasteiger partial charge in [-0.2, -0.15) is 0 Å². The summed E-state index contributed by atoms with van der Waals surface area (Å²) in [6.07, 6.45) is 1.64. The number of aliphatic imine (C=N–C) groups is 1. The fourth-order valence-electron chi connectivity index (χ4n) is 1.31. The molecule has 5 nitrogen and oxygen atoms in total. The molecule has 0 saturated heterocycles. The molecule has 2 N–H and O–H groups in total. The summed E-state index contributed by atoms with van der Waals surface area (Å²) in [4.78, 5) is 4.27. The third-order valence-corrected chi connectivity index (χ3v) is 2.27. The third-order valence-electron chi connectivity index (χ3n) is 2.27. The van der Waals surface area contributed by atoms with E-state index in [2.05, 4.69) is 15.2 Å². The normalized spacial score (nSPS) is 11.7. The molecule has 0 radical (unpaired) electrons. The van der Waals surface area contributed by atoms with E-state index in [1.165, 1.54) is 0 Å². The molecule has 2 rings (SSSR count). The predicted octanol–water partition coefficient (Wildman–Crippen LogP) is 0.721. The third kappa shape index (κ3) is 2.25. The minimum atomic E-state index is 0.442. The first-order valence-corrected chi connectivity index (χ1v) is 4.95. The zero-order valence-electron chi connectivity index (χ0n) is 9.04. The molecule has 0 amide bonds. The number of hydrogen-bond donors (Lipinski definition) is 1. The van der Waals surface area contributed by atoms with Crippen LogP contribution in [0.5, 0.6) is 0 Å². The summed E-state index contributed by atoms with van der Waals surface area (Å²) < 4.78 is 1.82. The van der Waals surface area contributed by atoms with E-state index >= 15 is 0 Å². The van der Waals surface area contributed by atoms with Crippen LogP contribution in [-0.4, -0.2) is 20.6 Å². The Morgan fingerprint density at radius 1 is 1.38 bits per heavy atom. The van der Waals surface area contributed by atoms with Crippen LogP contribution in [0.15, 0.2) is 41.7 Å². The van der Waals surface area contributed by atoms with Gasteiger partial charge in [0.25, 0.3) is 0 Å². The van der Waals surface area contributed by atoms with Gasteiger partial charge in [-0.05, 0) is 0 Å². The molecule has 0 aliphatic rings. The van der Waals surface area contributed by atoms with Crippen molar-refractivity contribution in [1.82, 2.24) is 14.8 Å². The summed E-state index contributed by atoms with van der Waals surface area (Å²) in [5.41, 5.74) is 6.78. The van der Waals surface area contributed by atoms with Gasteiger partial charge >= 0.3 is 0 Å². The van der Waals surface area contributed by atoms with E-state index in [1.54, 1.807) is 6.33 Å². The van der Waals surface area contributed by atoms with Crippen molar-refractivity contribution in [3.8, 4) is 0 Å². The van der Waals surface area contributed by atoms with Crippen molar-refractivity contribution in [2.75, 3.05) is 0 Å². The van der Waals surface area contributed by atoms with Crippen LogP contribution >= 0.6 is 0 Å². The zero-order chi connectivity index (χ0) is 11.4. The first-order chi connectivity index (χ1) is 7.77. The van der Waals surface area contributed by atoms with Crippen LogP contribution in [-0.2, 0) is 13.6 Å². The Balaban J connectivity index is 2.12. The molecule has 0 atom stereocenters. The number of aromatic nitrogens is 3. The van der Waals surface area contributed by atoms with Gasteiger partial charge in [-0.25, -0.2) is 0 Å². The van der Waals surface area contributed by atoms with Gasteiger partial charge in [0, 0.05) is 12.6 Å². The number of nitrogens with zero attached hydrogens (tertiary/aromatic N) is 4. The Morgan fingerprint density at radius 3 is 2.75 bits per heavy atom. The highest BCUT2D eigenvalue weighted by molar-refractivity contribution is 5.97. The summed E-state index contributed by atoms with van der Waals surface area (Å²) in [6.45, 7) is 0.442. The van der Waals surface area contributed by atoms with E-state index in [-0.39, 0.29) is 0 Å². The van der Waals surface area contributed by atoms with Gasteiger partial charge in [0.05, 0.1) is 0 Å². The molecule has 0 saturated carbocycles. The van der Waals surface area contributed by atoms with Crippen molar-refractivity contribution in [2.45, 2.75) is 6.54 Å². The van der Waals surface area contributed by atoms with Crippen LogP contribution in [0.25, 0.3) is 0 Å². The monoisotopic (exact) mass is 215 g/mol. The fourth-order valence-corrected chi connectivity index (χ4v) is 1.31. The number of hydrogen-bond acceptors (Lipinski definition) is 3. The first-order valence-electron chi connectivity index (χ1n) is 4.95. The molecule has 82 valence electrons. The molecule has 1 aromatic heterocycles. The highest BCUT2D eigenvalue weighted by Gasteiger charge is 2.00. The van der Waals surface area contributed by atoms with Crippen molar-refractivity contribution in [1.29, 1.82) is 0 Å². The second-order valence-electron chi connectivity index (χ2n) is 3.43. The van der Waals surface area contributed by atoms with Crippen molar-refractivity contribution >= 4 is 5.84 Å². The molecule has 0 aliphatic carbocycles. The lowest BCUT2D eigenvalue weighted by Crippen LogP contribution is -2.13. The molecule has 1 heterocycles. The minimum absolute atomic E-state index is 0.442. The summed E-state index contributed by atoms with van der Waals surface area (Å²) in [5.74, 6) is 1.31. The molecule has 0 unspecified atom stereocenters. The Kier molecular flexibility index (Phi) is 2.95. The Morgan fingerprint density at radius 2 is 2.12 bits per heavy atom. The maximum absolute atomic E-state index is 5.85. The van der Waals surface area contributed by atoms with E-state index in [0.29, 0.717) is 12.4 Å². The standard InChI is InChI=1S/C11H13N5/c1-16-8-14-15-10(16)7-13-11(12)9-5-3-2-4-6-9/h2-6,8H,7H2,1H3,(H2,12,13). The second kappa shape index (κ2) is 4.57. The van der Waals surface area contributed by atoms with Gasteiger partial charge in [0.2, 0.25) is 0 Å². The number of rotatable bonds is 3. The van der Waals surface area contributed by atoms with Crippen molar-refractivity contribution < 1.29 is 0 Å². The smallest absolute Gasteiger partial charge is 0.154 e. The number of amidine groups is 1. The molecular weight excluding hydrogens is 202 g/mol. The van der Waals surface area contributed by atoms with Gasteiger partial charge in [-0.1, -0.05) is 30.3 Å². The minimum Gasteiger partial charge on any atom is -0.383 e. The quantitative estimate of drug-likeness (QED) is 0.606. The lowest BCUT2D eigenvalue weighted by Gasteiger charge is -2.00. The van der Waals surface area contributed by atoms with Gasteiger partial charge in [0.15, 0.2) is 5.82 Å². The SMILES string of the molecule is Cn1cnnc1CN=C(N)c1ccccc1. The first kappa shape index (κ1) is 10.4. The molecule has 0 aliphatic heterocycles. The average molecular weight is 215 g/mol. The largest absolute Gasteiger partial charge is 0.383 e. The summed E-state index contributed by atoms with van der Waals surface area (Å²) in [6, 6.07) is 9.66. The van der Waals surface area contributed by atoms with E-state index in [0.717, 1.165) is 11.4 Å². The molecular formula is C11H13N5. The lowest BCUT2D eigenvalue weighted by atomic mass is 10.2. The molecule has 0 bridgehead atoms. The van der Waals surface area contributed by atoms with E-state index in [9.17, 15) is 0 Å². The Labute approximate surface area is 93.6 Å². The fraction of sp³-hybridized carbons (Fsp3) is 0.182. The van der Waals surface area contributed by atoms with E-state index in [1.807, 2.05) is 41.9 Å². The van der Waals surface area contributed by atoms with Crippen molar-refractivity contribution in [3.63, 3.8) is 0 Å². The topological polar surface area (TPSA) is 69.1 Å². The summed E-state index contributed by atoms with van der Waals surface area (Å²) in [7, 11) is 1.88. The van der Waals surface area contributed by atoms with Crippen LogP contribution in [0.1, 0.15) is 11.4 Å². The van der Waals surface area contributed by atoms with Gasteiger partial charge in [-0.15, -0.1) is 10.2 Å². The van der Waals surface area contributed by atoms with Crippen LogP contribution in [0, 0.1) is 0 Å². The summed E-state index contributed by atoms with van der Waals surface area (Å²) in [5, 5.41) is 7.71. The second-order valence-corrected chi connectivity index (χ2v) is 3.43. The van der Waals surface area contributed by atoms with Gasteiger partial charge in [0.1, 0.15) is 18.7 Å². The number of aryl methyl sites for hydroxylation is 1. The molecule has 1 aromatic carbocycles. The van der Waals surface area contributed by atoms with Crippen LogP contribution in [0.2, 0.25) is 0 Å². The van der Waals surface area contributed by atoms with E-state index < -0.39 is 0 Å². The van der Waals surface area contributed by atoms with Gasteiger partial charge < -0.3 is 10.3 Å². The average Bonchev–Trinajstić information content (AvgIpc) is 2.73. The van der Waals surface area contributed by atoms with Crippen molar-refractivity contribution in [3.05, 3.63) is 48.0 Å². The number of benzene rings is 1. The number of nitrogens with two attached hydrogens (primary N) is 1. The Bertz CT molecular complexity index is 486.